The van der Waals surface area contributed by atoms with Gasteiger partial charge < -0.3 is 76.9 Å². The highest BCUT2D eigenvalue weighted by atomic mass is 32.1. The summed E-state index contributed by atoms with van der Waals surface area (Å²) in [7, 11) is 16.1. The van der Waals surface area contributed by atoms with Crippen molar-refractivity contribution in [3.05, 3.63) is 232 Å². The zero-order valence-electron chi connectivity index (χ0n) is 63.0. The number of hydrogen-bond donors (Lipinski definition) is 10. The van der Waals surface area contributed by atoms with Crippen LogP contribution in [0, 0.1) is 0 Å². The van der Waals surface area contributed by atoms with Gasteiger partial charge in [-0.1, -0.05) is 74.5 Å². The number of urea groups is 4. The maximum absolute atomic E-state index is 12.8. The van der Waals surface area contributed by atoms with Crippen LogP contribution in [0.3, 0.4) is 0 Å². The molecule has 10 N–H and O–H groups in total. The Kier molecular flexibility index (Phi) is 39.8. The third kappa shape index (κ3) is 35.0. The second-order valence-corrected chi connectivity index (χ2v) is 30.3. The van der Waals surface area contributed by atoms with Crippen molar-refractivity contribution in [1.82, 2.24) is 66.7 Å². The number of likely N-dealkylation sites (N-methyl/N-ethyl adjacent to an activating group) is 4. The van der Waals surface area contributed by atoms with Crippen molar-refractivity contribution in [2.45, 2.75) is 140 Å². The number of nitrogens with zero attached hydrogens (tertiary/aromatic N) is 5. The molecule has 5 heterocycles. The highest BCUT2D eigenvalue weighted by molar-refractivity contribution is 7.08. The van der Waals surface area contributed by atoms with Crippen molar-refractivity contribution in [2.75, 3.05) is 89.1 Å². The standard InChI is InChI=1S/C22H31N3OS.2C20H29N3O2S.C18H26N4O2S/c1-5-12-25(22(26)23-18(2)14-20-11-13-27-17-20)16-21(24(3)4)15-19-9-7-6-8-10-19;2*1-4-17(11-16-9-10-26-14-16)22-20(25)21-13-18(23(2)3)12-15-5-7-19(24)8-6-15;1-13(8-15-5-7-25-12-15)21-18(24)20-11-16(22(2)3)9-14-4-6-19-17(23)10-14/h5-11,13,17-18,21H,1,12,14-16H2,2-4H3,(H,23,26);2*5-10,14,17-18,24H,4,11-13H2,1-3H3,(H2,21,22,25);4-7,10,12-13,16H,8-9,11H2,1-3H3,(H,19,23)(H2,20,21,24)/t18-,21+;17-,18+;17-,18-;13?,16-/m1100/s1. The van der Waals surface area contributed by atoms with E-state index >= 15 is 0 Å². The number of rotatable bonds is 36. The number of aromatic nitrogens is 1. The van der Waals surface area contributed by atoms with Crippen molar-refractivity contribution in [2.24, 2.45) is 0 Å². The van der Waals surface area contributed by atoms with E-state index in [2.05, 4.69) is 189 Å². The van der Waals surface area contributed by atoms with Gasteiger partial charge in [-0.15, -0.1) is 6.58 Å². The Morgan fingerprint density at radius 1 is 0.452 bits per heavy atom. The maximum atomic E-state index is 12.8. The Balaban J connectivity index is 0.000000249. The van der Waals surface area contributed by atoms with Gasteiger partial charge in [0.15, 0.2) is 0 Å². The molecule has 24 heteroatoms. The molecule has 20 nitrogen and oxygen atoms in total. The van der Waals surface area contributed by atoms with E-state index in [1.165, 1.54) is 27.8 Å². The third-order valence-corrected chi connectivity index (χ3v) is 20.6. The van der Waals surface area contributed by atoms with Gasteiger partial charge in [0.1, 0.15) is 11.5 Å². The molecule has 8 rings (SSSR count). The molecule has 0 bridgehead atoms. The molecular formula is C80H115N13O7S4. The molecule has 0 radical (unpaired) electrons. The highest BCUT2D eigenvalue weighted by Gasteiger charge is 2.23. The fourth-order valence-electron chi connectivity index (χ4n) is 11.2. The van der Waals surface area contributed by atoms with Gasteiger partial charge in [-0.25, -0.2) is 19.2 Å². The van der Waals surface area contributed by atoms with E-state index in [9.17, 15) is 34.2 Å². The van der Waals surface area contributed by atoms with E-state index < -0.39 is 0 Å². The summed E-state index contributed by atoms with van der Waals surface area (Å²) in [6.07, 6.45) is 11.8. The predicted molar refractivity (Wildman–Crippen MR) is 434 cm³/mol. The second kappa shape index (κ2) is 47.9. The molecule has 0 aliphatic heterocycles. The van der Waals surface area contributed by atoms with Gasteiger partial charge in [-0.05, 0) is 277 Å². The first-order valence-corrected chi connectivity index (χ1v) is 39.4. The van der Waals surface area contributed by atoms with E-state index in [4.69, 9.17) is 0 Å². The predicted octanol–water partition coefficient (Wildman–Crippen LogP) is 12.4. The molecule has 8 amide bonds. The van der Waals surface area contributed by atoms with Gasteiger partial charge in [0.05, 0.1) is 0 Å². The van der Waals surface area contributed by atoms with Crippen LogP contribution in [0.25, 0.3) is 0 Å². The summed E-state index contributed by atoms with van der Waals surface area (Å²) < 4.78 is 0. The molecule has 0 aliphatic carbocycles. The lowest BCUT2D eigenvalue weighted by molar-refractivity contribution is 0.174. The van der Waals surface area contributed by atoms with E-state index in [0.717, 1.165) is 74.5 Å². The SMILES string of the molecule is C=CCN(C[C@H](Cc1ccccc1)N(C)C)C(=O)N[C@H](C)Cc1ccsc1.CC(Cc1ccsc1)NC(=O)NC[C@H](Cc1cc[nH]c(=O)c1)N(C)C.CC[C@@H](Cc1ccsc1)NC(=O)NC[C@H](Cc1ccc(O)cc1)N(C)C.CC[C@H](Cc1ccsc1)NC(=O)NC[C@H](Cc1ccc(O)cc1)N(C)C. The Bertz CT molecular complexity index is 3550. The van der Waals surface area contributed by atoms with E-state index in [1.807, 2.05) is 95.9 Å². The van der Waals surface area contributed by atoms with Gasteiger partial charge in [0.2, 0.25) is 5.56 Å². The minimum atomic E-state index is -0.166. The van der Waals surface area contributed by atoms with Gasteiger partial charge >= 0.3 is 24.1 Å². The summed E-state index contributed by atoms with van der Waals surface area (Å²) >= 11 is 6.71. The summed E-state index contributed by atoms with van der Waals surface area (Å²) in [6, 6.07) is 37.4. The molecule has 0 spiro atoms. The van der Waals surface area contributed by atoms with E-state index in [-0.39, 0.29) is 89.5 Å². The first-order valence-electron chi connectivity index (χ1n) is 35.6. The van der Waals surface area contributed by atoms with Crippen LogP contribution in [0.15, 0.2) is 182 Å². The fraction of sp³-hybridized carbons (Fsp3) is 0.438. The summed E-state index contributed by atoms with van der Waals surface area (Å²) in [5.74, 6) is 0.535. The Morgan fingerprint density at radius 3 is 1.18 bits per heavy atom. The number of phenolic OH excluding ortho intramolecular Hbond substituents is 2. The number of aromatic hydroxyl groups is 2. The second-order valence-electron chi connectivity index (χ2n) is 27.2. The number of amides is 8. The van der Waals surface area contributed by atoms with Crippen LogP contribution in [-0.2, 0) is 51.4 Å². The third-order valence-electron chi connectivity index (χ3n) is 17.7. The van der Waals surface area contributed by atoms with Gasteiger partial charge in [-0.3, -0.25) is 4.79 Å². The number of phenols is 2. The molecule has 566 valence electrons. The van der Waals surface area contributed by atoms with Gasteiger partial charge in [-0.2, -0.15) is 45.3 Å². The van der Waals surface area contributed by atoms with Crippen LogP contribution in [0.2, 0.25) is 0 Å². The maximum Gasteiger partial charge on any atom is 0.317 e. The Hall–Kier alpha value is -8.33. The average molecular weight is 1500 g/mol. The van der Waals surface area contributed by atoms with Crippen LogP contribution in [-0.4, -0.2) is 201 Å². The summed E-state index contributed by atoms with van der Waals surface area (Å²) in [5.41, 5.74) is 9.41. The minimum Gasteiger partial charge on any atom is -0.508 e. The fourth-order valence-corrected chi connectivity index (χ4v) is 14.0. The molecule has 0 saturated carbocycles. The average Bonchev–Trinajstić information content (AvgIpc) is 1.00. The van der Waals surface area contributed by atoms with Crippen LogP contribution in [0.4, 0.5) is 19.2 Å². The summed E-state index contributed by atoms with van der Waals surface area (Å²) in [6.45, 7) is 14.9. The Labute approximate surface area is 634 Å². The first kappa shape index (κ1) is 86.3. The lowest BCUT2D eigenvalue weighted by Crippen LogP contribution is -2.50. The molecular weight excluding hydrogens is 1380 g/mol. The van der Waals surface area contributed by atoms with Gasteiger partial charge in [0, 0.05) is 93.3 Å². The number of hydrogen-bond acceptors (Lipinski definition) is 15. The lowest BCUT2D eigenvalue weighted by atomic mass is 10.0. The van der Waals surface area contributed by atoms with E-state index in [0.29, 0.717) is 39.1 Å². The molecule has 0 aliphatic rings. The Morgan fingerprint density at radius 2 is 0.817 bits per heavy atom. The minimum absolute atomic E-state index is 0.0301. The number of pyridine rings is 1. The molecule has 0 saturated heterocycles. The van der Waals surface area contributed by atoms with Crippen LogP contribution in [0.5, 0.6) is 11.5 Å². The smallest absolute Gasteiger partial charge is 0.317 e. The number of thiophene rings is 4. The number of H-pyrrole nitrogens is 1. The molecule has 5 aromatic heterocycles. The van der Waals surface area contributed by atoms with E-state index in [1.54, 1.807) is 88.0 Å². The normalized spacial score (nSPS) is 13.3. The monoisotopic (exact) mass is 1500 g/mol. The molecule has 104 heavy (non-hydrogen) atoms. The molecule has 8 atom stereocenters. The molecule has 3 aromatic carbocycles. The number of benzene rings is 3. The highest BCUT2D eigenvalue weighted by Crippen LogP contribution is 2.18. The van der Waals surface area contributed by atoms with Gasteiger partial charge in [0.25, 0.3) is 0 Å². The first-order chi connectivity index (χ1) is 49.9. The van der Waals surface area contributed by atoms with Crippen LogP contribution < -0.4 is 42.8 Å². The van der Waals surface area contributed by atoms with Crippen molar-refractivity contribution < 1.29 is 29.4 Å². The topological polar surface area (TPSA) is 242 Å². The zero-order valence-corrected chi connectivity index (χ0v) is 66.2. The number of nitrogens with one attached hydrogen (secondary N) is 8. The quantitative estimate of drug-likeness (QED) is 0.0166. The number of aromatic amines is 1. The summed E-state index contributed by atoms with van der Waals surface area (Å²) in [4.78, 5) is 73.9. The molecule has 8 aromatic rings. The van der Waals surface area contributed by atoms with Crippen molar-refractivity contribution >= 4 is 69.5 Å². The number of carbonyl (C=O) groups excluding carboxylic acids is 4. The van der Waals surface area contributed by atoms with Crippen molar-refractivity contribution in [3.63, 3.8) is 0 Å². The molecule has 0 fully saturated rings. The number of carbonyl (C=O) groups is 4. The largest absolute Gasteiger partial charge is 0.508 e. The molecule has 1 unspecified atom stereocenters. The zero-order chi connectivity index (χ0) is 75.8. The van der Waals surface area contributed by atoms with Crippen LogP contribution >= 0.6 is 45.3 Å². The summed E-state index contributed by atoms with van der Waals surface area (Å²) in [5, 5.41) is 56.7. The van der Waals surface area contributed by atoms with Crippen molar-refractivity contribution in [3.8, 4) is 11.5 Å². The van der Waals surface area contributed by atoms with Crippen LogP contribution in [0.1, 0.15) is 85.0 Å². The van der Waals surface area contributed by atoms with Crippen molar-refractivity contribution in [1.29, 1.82) is 0 Å². The lowest BCUT2D eigenvalue weighted by Gasteiger charge is -2.32.